The highest BCUT2D eigenvalue weighted by Crippen LogP contribution is 2.16. The van der Waals surface area contributed by atoms with Gasteiger partial charge in [0, 0.05) is 24.7 Å². The van der Waals surface area contributed by atoms with Gasteiger partial charge >= 0.3 is 5.97 Å². The minimum Gasteiger partial charge on any atom is -0.463 e. The van der Waals surface area contributed by atoms with Gasteiger partial charge in [0.05, 0.1) is 19.3 Å². The monoisotopic (exact) mass is 241 g/mol. The zero-order chi connectivity index (χ0) is 12.8. The fourth-order valence-electron chi connectivity index (χ4n) is 2.03. The molecule has 1 heterocycles. The molecule has 0 spiro atoms. The maximum absolute atomic E-state index is 11.5. The smallest absolute Gasteiger partial charge is 0.334 e. The predicted octanol–water partition coefficient (Wildman–Crippen LogP) is 1.60. The summed E-state index contributed by atoms with van der Waals surface area (Å²) in [5.41, 5.74) is 0.527. The Morgan fingerprint density at radius 3 is 2.82 bits per heavy atom. The van der Waals surface area contributed by atoms with Crippen molar-refractivity contribution in [2.45, 2.75) is 39.3 Å². The first-order valence-electron chi connectivity index (χ1n) is 6.29. The first-order valence-corrected chi connectivity index (χ1v) is 6.29. The number of esters is 1. The minimum atomic E-state index is -0.290. The van der Waals surface area contributed by atoms with Crippen LogP contribution in [0, 0.1) is 0 Å². The third kappa shape index (κ3) is 4.13. The maximum Gasteiger partial charge on any atom is 0.334 e. The molecule has 0 aromatic carbocycles. The molecule has 98 valence electrons. The van der Waals surface area contributed by atoms with Crippen LogP contribution in [-0.4, -0.2) is 49.3 Å². The summed E-state index contributed by atoms with van der Waals surface area (Å²) in [6.07, 6.45) is 1.23. The highest BCUT2D eigenvalue weighted by molar-refractivity contribution is 5.88. The summed E-state index contributed by atoms with van der Waals surface area (Å²) < 4.78 is 10.6. The van der Waals surface area contributed by atoms with Gasteiger partial charge in [0.15, 0.2) is 0 Å². The first-order chi connectivity index (χ1) is 8.08. The molecule has 0 aromatic rings. The van der Waals surface area contributed by atoms with E-state index in [4.69, 9.17) is 9.47 Å². The van der Waals surface area contributed by atoms with Crippen molar-refractivity contribution in [2.75, 3.05) is 26.3 Å². The van der Waals surface area contributed by atoms with E-state index in [1.165, 1.54) is 0 Å². The summed E-state index contributed by atoms with van der Waals surface area (Å²) in [6, 6.07) is 0.373. The van der Waals surface area contributed by atoms with Crippen molar-refractivity contribution in [2.24, 2.45) is 0 Å². The highest BCUT2D eigenvalue weighted by Gasteiger charge is 2.26. The van der Waals surface area contributed by atoms with Crippen LogP contribution >= 0.6 is 0 Å². The van der Waals surface area contributed by atoms with E-state index in [0.29, 0.717) is 24.8 Å². The Bertz CT molecular complexity index is 278. The Hall–Kier alpha value is -0.870. The van der Waals surface area contributed by atoms with Gasteiger partial charge in [-0.25, -0.2) is 4.79 Å². The van der Waals surface area contributed by atoms with Gasteiger partial charge in [-0.05, 0) is 20.3 Å². The number of rotatable bonds is 5. The molecule has 1 rings (SSSR count). The highest BCUT2D eigenvalue weighted by atomic mass is 16.5. The summed E-state index contributed by atoms with van der Waals surface area (Å²) >= 11 is 0. The Balaban J connectivity index is 2.52. The van der Waals surface area contributed by atoms with Crippen molar-refractivity contribution in [1.29, 1.82) is 0 Å². The lowest BCUT2D eigenvalue weighted by Crippen LogP contribution is -2.49. The van der Waals surface area contributed by atoms with E-state index in [2.05, 4.69) is 18.4 Å². The molecule has 2 atom stereocenters. The number of ether oxygens (including phenoxy) is 2. The number of morpholine rings is 1. The second-order valence-corrected chi connectivity index (χ2v) is 4.46. The molecule has 17 heavy (non-hydrogen) atoms. The van der Waals surface area contributed by atoms with Crippen LogP contribution in [0.25, 0.3) is 0 Å². The summed E-state index contributed by atoms with van der Waals surface area (Å²) in [4.78, 5) is 13.8. The molecule has 0 aliphatic carbocycles. The van der Waals surface area contributed by atoms with E-state index < -0.39 is 0 Å². The molecule has 0 amide bonds. The molecule has 1 saturated heterocycles. The van der Waals surface area contributed by atoms with Gasteiger partial charge in [-0.3, -0.25) is 4.90 Å². The number of nitrogens with zero attached hydrogens (tertiary/aromatic N) is 1. The van der Waals surface area contributed by atoms with Gasteiger partial charge in [-0.2, -0.15) is 0 Å². The van der Waals surface area contributed by atoms with Crippen LogP contribution in [0.15, 0.2) is 12.2 Å². The van der Waals surface area contributed by atoms with Crippen LogP contribution in [0.3, 0.4) is 0 Å². The first kappa shape index (κ1) is 14.2. The van der Waals surface area contributed by atoms with E-state index in [-0.39, 0.29) is 12.1 Å². The standard InChI is InChI=1S/C13H23NO3/c1-5-12-9-17-11(4)8-14(12)7-10(3)13(15)16-6-2/h11-12H,3,5-9H2,1-2,4H3. The second kappa shape index (κ2) is 6.77. The second-order valence-electron chi connectivity index (χ2n) is 4.46. The van der Waals surface area contributed by atoms with E-state index in [9.17, 15) is 4.79 Å². The third-order valence-corrected chi connectivity index (χ3v) is 3.01. The van der Waals surface area contributed by atoms with E-state index >= 15 is 0 Å². The Morgan fingerprint density at radius 1 is 1.53 bits per heavy atom. The largest absolute Gasteiger partial charge is 0.463 e. The molecule has 1 aliphatic heterocycles. The average molecular weight is 241 g/mol. The van der Waals surface area contributed by atoms with Crippen LogP contribution in [0.4, 0.5) is 0 Å². The molecule has 2 unspecified atom stereocenters. The van der Waals surface area contributed by atoms with Crippen molar-refractivity contribution in [3.8, 4) is 0 Å². The maximum atomic E-state index is 11.5. The summed E-state index contributed by atoms with van der Waals surface area (Å²) in [6.45, 7) is 12.3. The van der Waals surface area contributed by atoms with Crippen molar-refractivity contribution < 1.29 is 14.3 Å². The molecule has 0 aromatic heterocycles. The van der Waals surface area contributed by atoms with Crippen LogP contribution in [0.5, 0.6) is 0 Å². The minimum absolute atomic E-state index is 0.216. The molecular weight excluding hydrogens is 218 g/mol. The number of hydrogen-bond donors (Lipinski definition) is 0. The molecule has 0 radical (unpaired) electrons. The molecule has 4 heteroatoms. The Morgan fingerprint density at radius 2 is 2.24 bits per heavy atom. The lowest BCUT2D eigenvalue weighted by molar-refractivity contribution is -0.139. The molecule has 1 fully saturated rings. The van der Waals surface area contributed by atoms with Crippen molar-refractivity contribution >= 4 is 5.97 Å². The normalized spacial score (nSPS) is 25.6. The number of carbonyl (C=O) groups is 1. The Kier molecular flexibility index (Phi) is 5.65. The predicted molar refractivity (Wildman–Crippen MR) is 66.8 cm³/mol. The lowest BCUT2D eigenvalue weighted by atomic mass is 10.1. The van der Waals surface area contributed by atoms with Crippen LogP contribution in [-0.2, 0) is 14.3 Å². The zero-order valence-corrected chi connectivity index (χ0v) is 11.1. The lowest BCUT2D eigenvalue weighted by Gasteiger charge is -2.38. The third-order valence-electron chi connectivity index (χ3n) is 3.01. The van der Waals surface area contributed by atoms with Crippen molar-refractivity contribution in [3.63, 3.8) is 0 Å². The zero-order valence-electron chi connectivity index (χ0n) is 11.1. The molecule has 0 bridgehead atoms. The van der Waals surface area contributed by atoms with Gasteiger partial charge in [-0.15, -0.1) is 0 Å². The van der Waals surface area contributed by atoms with Gasteiger partial charge in [0.2, 0.25) is 0 Å². The Labute approximate surface area is 104 Å². The average Bonchev–Trinajstić information content (AvgIpc) is 2.29. The summed E-state index contributed by atoms with van der Waals surface area (Å²) in [7, 11) is 0. The van der Waals surface area contributed by atoms with E-state index in [1.807, 2.05) is 6.92 Å². The van der Waals surface area contributed by atoms with Gasteiger partial charge in [-0.1, -0.05) is 13.5 Å². The topological polar surface area (TPSA) is 38.8 Å². The fraction of sp³-hybridized carbons (Fsp3) is 0.769. The molecule has 1 aliphatic rings. The van der Waals surface area contributed by atoms with Crippen molar-refractivity contribution in [3.05, 3.63) is 12.2 Å². The fourth-order valence-corrected chi connectivity index (χ4v) is 2.03. The SMILES string of the molecule is C=C(CN1CC(C)OCC1CC)C(=O)OCC. The number of carbonyl (C=O) groups excluding carboxylic acids is 1. The van der Waals surface area contributed by atoms with Gasteiger partial charge in [0.25, 0.3) is 0 Å². The van der Waals surface area contributed by atoms with Crippen molar-refractivity contribution in [1.82, 2.24) is 4.90 Å². The van der Waals surface area contributed by atoms with E-state index in [0.717, 1.165) is 19.6 Å². The molecular formula is C13H23NO3. The quantitative estimate of drug-likeness (QED) is 0.541. The molecule has 0 saturated carbocycles. The molecule has 4 nitrogen and oxygen atoms in total. The van der Waals surface area contributed by atoms with Gasteiger partial charge < -0.3 is 9.47 Å². The van der Waals surface area contributed by atoms with E-state index in [1.54, 1.807) is 6.92 Å². The van der Waals surface area contributed by atoms with Gasteiger partial charge in [0.1, 0.15) is 0 Å². The van der Waals surface area contributed by atoms with Crippen LogP contribution in [0.1, 0.15) is 27.2 Å². The molecule has 0 N–H and O–H groups in total. The summed E-state index contributed by atoms with van der Waals surface area (Å²) in [5.74, 6) is -0.290. The summed E-state index contributed by atoms with van der Waals surface area (Å²) in [5, 5.41) is 0. The number of hydrogen-bond acceptors (Lipinski definition) is 4. The van der Waals surface area contributed by atoms with Crippen LogP contribution < -0.4 is 0 Å². The van der Waals surface area contributed by atoms with Crippen LogP contribution in [0.2, 0.25) is 0 Å².